The molecule has 180 valence electrons. The second kappa shape index (κ2) is 12.4. The lowest BCUT2D eigenvalue weighted by Crippen LogP contribution is -2.52. The zero-order valence-electron chi connectivity index (χ0n) is 19.6. The Morgan fingerprint density at radius 1 is 1.00 bits per heavy atom. The summed E-state index contributed by atoms with van der Waals surface area (Å²) >= 11 is 0. The van der Waals surface area contributed by atoms with Crippen molar-refractivity contribution in [3.05, 3.63) is 54.0 Å². The Bertz CT molecular complexity index is 895. The molecule has 3 heterocycles. The summed E-state index contributed by atoms with van der Waals surface area (Å²) in [4.78, 5) is 18.0. The smallest absolute Gasteiger partial charge is 0.194 e. The van der Waals surface area contributed by atoms with E-state index in [1.54, 1.807) is 13.1 Å². The topological polar surface area (TPSA) is 50.2 Å². The lowest BCUT2D eigenvalue weighted by molar-refractivity contribution is 0.270. The van der Waals surface area contributed by atoms with Crippen molar-refractivity contribution in [2.75, 3.05) is 75.8 Å². The molecule has 2 aliphatic rings. The van der Waals surface area contributed by atoms with Gasteiger partial charge in [0.2, 0.25) is 0 Å². The van der Waals surface area contributed by atoms with Gasteiger partial charge in [0.15, 0.2) is 5.96 Å². The zero-order valence-corrected chi connectivity index (χ0v) is 21.9. The van der Waals surface area contributed by atoms with Gasteiger partial charge in [0.05, 0.1) is 5.69 Å². The Hall–Kier alpha value is -2.14. The fourth-order valence-corrected chi connectivity index (χ4v) is 4.42. The van der Waals surface area contributed by atoms with Gasteiger partial charge >= 0.3 is 0 Å². The van der Waals surface area contributed by atoms with Gasteiger partial charge in [-0.15, -0.1) is 24.0 Å². The first-order valence-electron chi connectivity index (χ1n) is 11.5. The number of aliphatic imine (C=N–C) groups is 1. The zero-order chi connectivity index (χ0) is 22.3. The van der Waals surface area contributed by atoms with E-state index in [1.807, 2.05) is 36.5 Å². The largest absolute Gasteiger partial charge is 0.367 e. The summed E-state index contributed by atoms with van der Waals surface area (Å²) in [6.45, 7) is 11.0. The minimum Gasteiger partial charge on any atom is -0.367 e. The third kappa shape index (κ3) is 6.47. The third-order valence-electron chi connectivity index (χ3n) is 6.39. The maximum absolute atomic E-state index is 14.8. The molecule has 0 radical (unpaired) electrons. The highest BCUT2D eigenvalue weighted by atomic mass is 127. The first-order chi connectivity index (χ1) is 15.7. The van der Waals surface area contributed by atoms with E-state index in [9.17, 15) is 4.39 Å². The van der Waals surface area contributed by atoms with Gasteiger partial charge in [0.25, 0.3) is 0 Å². The minimum atomic E-state index is -0.145. The van der Waals surface area contributed by atoms with E-state index in [0.717, 1.165) is 76.2 Å². The van der Waals surface area contributed by atoms with Gasteiger partial charge in [-0.2, -0.15) is 0 Å². The van der Waals surface area contributed by atoms with Crippen molar-refractivity contribution in [1.29, 1.82) is 0 Å². The van der Waals surface area contributed by atoms with Crippen molar-refractivity contribution in [1.82, 2.24) is 20.1 Å². The van der Waals surface area contributed by atoms with Crippen molar-refractivity contribution in [2.45, 2.75) is 13.5 Å². The van der Waals surface area contributed by atoms with E-state index in [4.69, 9.17) is 0 Å². The number of likely N-dealkylation sites (N-methyl/N-ethyl adjacent to an activating group) is 1. The summed E-state index contributed by atoms with van der Waals surface area (Å²) in [6, 6.07) is 11.6. The van der Waals surface area contributed by atoms with Crippen LogP contribution in [0.15, 0.2) is 47.6 Å². The number of piperazine rings is 2. The number of pyridine rings is 1. The fourth-order valence-electron chi connectivity index (χ4n) is 4.42. The van der Waals surface area contributed by atoms with Crippen molar-refractivity contribution in [3.63, 3.8) is 0 Å². The molecule has 1 N–H and O–H groups in total. The van der Waals surface area contributed by atoms with Gasteiger partial charge in [0.1, 0.15) is 11.6 Å². The van der Waals surface area contributed by atoms with Gasteiger partial charge in [-0.1, -0.05) is 19.1 Å². The standard InChI is InChI=1S/C24H34FN7.HI/c1-3-29-10-12-30(13-11-29)22-8-7-20(18-21(22)25)19-28-24(26-2)32-16-14-31(15-17-32)23-6-4-5-9-27-23;/h4-9,18H,3,10-17,19H2,1-2H3,(H,26,28);1H. The van der Waals surface area contributed by atoms with Gasteiger partial charge in [0, 0.05) is 72.1 Å². The summed E-state index contributed by atoms with van der Waals surface area (Å²) in [5, 5.41) is 3.40. The fraction of sp³-hybridized carbons (Fsp3) is 0.500. The van der Waals surface area contributed by atoms with Crippen LogP contribution in [-0.4, -0.2) is 86.7 Å². The molecule has 4 rings (SSSR count). The lowest BCUT2D eigenvalue weighted by atomic mass is 10.1. The first-order valence-corrected chi connectivity index (χ1v) is 11.5. The number of hydrogen-bond donors (Lipinski definition) is 1. The van der Waals surface area contributed by atoms with E-state index in [1.165, 1.54) is 0 Å². The molecule has 0 saturated carbocycles. The van der Waals surface area contributed by atoms with Crippen LogP contribution in [0.1, 0.15) is 12.5 Å². The number of benzene rings is 1. The Morgan fingerprint density at radius 2 is 1.73 bits per heavy atom. The number of rotatable bonds is 5. The molecule has 2 fully saturated rings. The van der Waals surface area contributed by atoms with E-state index in [-0.39, 0.29) is 29.8 Å². The maximum Gasteiger partial charge on any atom is 0.194 e. The molecule has 0 spiro atoms. The normalized spacial score (nSPS) is 17.7. The molecular weight excluding hydrogens is 532 g/mol. The molecule has 0 atom stereocenters. The Labute approximate surface area is 213 Å². The average molecular weight is 567 g/mol. The SMILES string of the molecule is CCN1CCN(c2ccc(CNC(=NC)N3CCN(c4ccccn4)CC3)cc2F)CC1.I. The molecule has 33 heavy (non-hydrogen) atoms. The van der Waals surface area contributed by atoms with Crippen molar-refractivity contribution < 1.29 is 4.39 Å². The van der Waals surface area contributed by atoms with E-state index >= 15 is 0 Å². The number of anilines is 2. The average Bonchev–Trinajstić information content (AvgIpc) is 2.85. The minimum absolute atomic E-state index is 0. The number of halogens is 2. The summed E-state index contributed by atoms with van der Waals surface area (Å²) < 4.78 is 14.8. The highest BCUT2D eigenvalue weighted by molar-refractivity contribution is 14.0. The van der Waals surface area contributed by atoms with Crippen LogP contribution in [0.5, 0.6) is 0 Å². The van der Waals surface area contributed by atoms with Gasteiger partial charge in [-0.25, -0.2) is 9.37 Å². The molecule has 0 unspecified atom stereocenters. The third-order valence-corrected chi connectivity index (χ3v) is 6.39. The Kier molecular flexibility index (Phi) is 9.54. The summed E-state index contributed by atoms with van der Waals surface area (Å²) in [6.07, 6.45) is 1.83. The summed E-state index contributed by atoms with van der Waals surface area (Å²) in [5.74, 6) is 1.72. The van der Waals surface area contributed by atoms with Crippen LogP contribution < -0.4 is 15.1 Å². The molecular formula is C24H35FIN7. The van der Waals surface area contributed by atoms with Gasteiger partial charge in [-0.05, 0) is 36.4 Å². The Morgan fingerprint density at radius 3 is 2.33 bits per heavy atom. The number of hydrogen-bond acceptors (Lipinski definition) is 5. The Balaban J connectivity index is 0.00000306. The molecule has 0 aliphatic carbocycles. The van der Waals surface area contributed by atoms with Crippen LogP contribution in [0.25, 0.3) is 0 Å². The quantitative estimate of drug-likeness (QED) is 0.341. The molecule has 7 nitrogen and oxygen atoms in total. The first kappa shape index (κ1) is 25.5. The highest BCUT2D eigenvalue weighted by Crippen LogP contribution is 2.22. The molecule has 2 aliphatic heterocycles. The molecule has 9 heteroatoms. The number of guanidine groups is 1. The van der Waals surface area contributed by atoms with Crippen LogP contribution >= 0.6 is 24.0 Å². The van der Waals surface area contributed by atoms with Gasteiger partial charge < -0.3 is 24.9 Å². The molecule has 1 aromatic heterocycles. The maximum atomic E-state index is 14.8. The van der Waals surface area contributed by atoms with Crippen molar-refractivity contribution in [3.8, 4) is 0 Å². The highest BCUT2D eigenvalue weighted by Gasteiger charge is 2.21. The van der Waals surface area contributed by atoms with Crippen LogP contribution in [-0.2, 0) is 6.54 Å². The monoisotopic (exact) mass is 567 g/mol. The van der Waals surface area contributed by atoms with Crippen LogP contribution in [0.4, 0.5) is 15.9 Å². The molecule has 2 saturated heterocycles. The number of nitrogens with zero attached hydrogens (tertiary/aromatic N) is 6. The summed E-state index contributed by atoms with van der Waals surface area (Å²) in [7, 11) is 1.80. The number of nitrogens with one attached hydrogen (secondary N) is 1. The van der Waals surface area contributed by atoms with Crippen LogP contribution in [0.3, 0.4) is 0 Å². The molecule has 0 amide bonds. The molecule has 1 aromatic carbocycles. The van der Waals surface area contributed by atoms with E-state index in [0.29, 0.717) is 12.2 Å². The molecule has 2 aromatic rings. The van der Waals surface area contributed by atoms with E-state index in [2.05, 4.69) is 41.8 Å². The van der Waals surface area contributed by atoms with Crippen molar-refractivity contribution >= 4 is 41.4 Å². The molecule has 0 bridgehead atoms. The summed E-state index contributed by atoms with van der Waals surface area (Å²) in [5.41, 5.74) is 1.63. The number of aromatic nitrogens is 1. The predicted octanol–water partition coefficient (Wildman–Crippen LogP) is 2.88. The van der Waals surface area contributed by atoms with Crippen LogP contribution in [0, 0.1) is 5.82 Å². The second-order valence-corrected chi connectivity index (χ2v) is 8.27. The lowest BCUT2D eigenvalue weighted by Gasteiger charge is -2.37. The van der Waals surface area contributed by atoms with Crippen molar-refractivity contribution in [2.24, 2.45) is 4.99 Å². The predicted molar refractivity (Wildman–Crippen MR) is 144 cm³/mol. The second-order valence-electron chi connectivity index (χ2n) is 8.27. The van der Waals surface area contributed by atoms with Crippen LogP contribution in [0.2, 0.25) is 0 Å². The van der Waals surface area contributed by atoms with E-state index < -0.39 is 0 Å². The van der Waals surface area contributed by atoms with Gasteiger partial charge in [-0.3, -0.25) is 4.99 Å².